The molecule has 0 atom stereocenters. The molecule has 0 spiro atoms. The van der Waals surface area contributed by atoms with Gasteiger partial charge in [-0.05, 0) is 0 Å². The number of carbonyl (C=O) groups is 1. The van der Waals surface area contributed by atoms with E-state index in [9.17, 15) is 4.79 Å². The molecule has 1 rings (SSSR count). The summed E-state index contributed by atoms with van der Waals surface area (Å²) >= 11 is -0.702. The van der Waals surface area contributed by atoms with E-state index < -0.39 is 20.2 Å². The quantitative estimate of drug-likeness (QED) is 0.548. The Hall–Kier alpha value is 0.619. The zero-order valence-electron chi connectivity index (χ0n) is 3.64. The van der Waals surface area contributed by atoms with Crippen molar-refractivity contribution in [3.8, 4) is 0 Å². The Balaban J connectivity index is 2.25. The fourth-order valence-electron chi connectivity index (χ4n) is 0.303. The normalized spacial score (nSPS) is 21.4. The van der Waals surface area contributed by atoms with Gasteiger partial charge in [-0.15, -0.1) is 0 Å². The Morgan fingerprint density at radius 3 is 3.00 bits per heavy atom. The van der Waals surface area contributed by atoms with Crippen molar-refractivity contribution in [1.29, 1.82) is 0 Å². The first-order valence-corrected chi connectivity index (χ1v) is 7.61. The summed E-state index contributed by atoms with van der Waals surface area (Å²) < 4.78 is 4.77. The molecule has 7 heavy (non-hydrogen) atoms. The van der Waals surface area contributed by atoms with Gasteiger partial charge >= 0.3 is 55.1 Å². The molecule has 38 valence electrons. The van der Waals surface area contributed by atoms with E-state index in [1.54, 1.807) is 0 Å². The summed E-state index contributed by atoms with van der Waals surface area (Å²) in [6, 6.07) is 0. The molecule has 2 nitrogen and oxygen atoms in total. The second kappa shape index (κ2) is 2.81. The van der Waals surface area contributed by atoms with Gasteiger partial charge < -0.3 is 0 Å². The van der Waals surface area contributed by atoms with E-state index in [2.05, 4.69) is 0 Å². The van der Waals surface area contributed by atoms with E-state index in [0.29, 0.717) is 6.42 Å². The van der Waals surface area contributed by atoms with Crippen LogP contribution in [-0.4, -0.2) is 31.9 Å². The van der Waals surface area contributed by atoms with Gasteiger partial charge in [-0.3, -0.25) is 0 Å². The summed E-state index contributed by atoms with van der Waals surface area (Å²) in [5.74, 6) is 1.02. The first-order valence-electron chi connectivity index (χ1n) is 1.96. The molecular weight excluding hydrogens is 219 g/mol. The van der Waals surface area contributed by atoms with Gasteiger partial charge in [0, 0.05) is 0 Å². The van der Waals surface area contributed by atoms with Crippen molar-refractivity contribution in [2.24, 2.45) is 0 Å². The van der Waals surface area contributed by atoms with Gasteiger partial charge in [0.2, 0.25) is 0 Å². The van der Waals surface area contributed by atoms with Gasteiger partial charge in [0.15, 0.2) is 0 Å². The zero-order valence-corrected chi connectivity index (χ0v) is 7.31. The van der Waals surface area contributed by atoms with Crippen LogP contribution >= 0.6 is 8.95 Å². The third-order valence-electron chi connectivity index (χ3n) is 0.623. The van der Waals surface area contributed by atoms with Crippen molar-refractivity contribution in [2.75, 3.05) is 5.75 Å². The van der Waals surface area contributed by atoms with Crippen molar-refractivity contribution in [1.82, 2.24) is 0 Å². The Morgan fingerprint density at radius 2 is 2.71 bits per heavy atom. The molecule has 0 aromatic heterocycles. The van der Waals surface area contributed by atoms with E-state index in [4.69, 9.17) is 3.07 Å². The van der Waals surface area contributed by atoms with Gasteiger partial charge in [-0.1, -0.05) is 0 Å². The molecule has 2 radical (unpaired) electrons. The Labute approximate surface area is 55.2 Å². The van der Waals surface area contributed by atoms with Crippen LogP contribution in [0.2, 0.25) is 0 Å². The zero-order chi connectivity index (χ0) is 5.11. The summed E-state index contributed by atoms with van der Waals surface area (Å²) in [5.41, 5.74) is 0. The van der Waals surface area contributed by atoms with Gasteiger partial charge in [0.05, 0.1) is 0 Å². The minimum absolute atomic E-state index is 0.0188. The summed E-state index contributed by atoms with van der Waals surface area (Å²) in [4.78, 5) is 10.3. The van der Waals surface area contributed by atoms with Gasteiger partial charge in [-0.25, -0.2) is 0 Å². The van der Waals surface area contributed by atoms with E-state index in [1.807, 2.05) is 8.95 Å². The summed E-state index contributed by atoms with van der Waals surface area (Å²) in [7, 11) is 1.83. The number of hydrogen-bond donors (Lipinski definition) is 0. The van der Waals surface area contributed by atoms with E-state index >= 15 is 0 Å². The third kappa shape index (κ3) is 1.90. The van der Waals surface area contributed by atoms with Crippen LogP contribution in [0.25, 0.3) is 0 Å². The molecule has 1 heterocycles. The summed E-state index contributed by atoms with van der Waals surface area (Å²) in [6.45, 7) is 0. The predicted molar refractivity (Wildman–Crippen MR) is 28.9 cm³/mol. The first-order chi connectivity index (χ1) is 3.39. The molecule has 0 amide bonds. The molecule has 0 saturated carbocycles. The molecule has 0 unspecified atom stereocenters. The van der Waals surface area contributed by atoms with Crippen molar-refractivity contribution in [2.45, 2.75) is 6.42 Å². The first kappa shape index (κ1) is 5.75. The molecular formula is C3H4O2SSn. The van der Waals surface area contributed by atoms with Crippen LogP contribution in [0.5, 0.6) is 0 Å². The van der Waals surface area contributed by atoms with Crippen molar-refractivity contribution >= 4 is 35.1 Å². The van der Waals surface area contributed by atoms with Crippen molar-refractivity contribution < 1.29 is 7.87 Å². The van der Waals surface area contributed by atoms with Gasteiger partial charge in [0.1, 0.15) is 0 Å². The van der Waals surface area contributed by atoms with Crippen LogP contribution in [0, 0.1) is 0 Å². The van der Waals surface area contributed by atoms with Crippen LogP contribution in [0.15, 0.2) is 0 Å². The van der Waals surface area contributed by atoms with Crippen LogP contribution < -0.4 is 0 Å². The van der Waals surface area contributed by atoms with Crippen LogP contribution in [0.1, 0.15) is 6.42 Å². The molecule has 0 aromatic carbocycles. The SMILES string of the molecule is O=C1CC[S][Sn][O]1. The fourth-order valence-corrected chi connectivity index (χ4v) is 3.99. The molecule has 4 heteroatoms. The topological polar surface area (TPSA) is 26.3 Å². The molecule has 1 aliphatic rings. The Morgan fingerprint density at radius 1 is 1.86 bits per heavy atom. The van der Waals surface area contributed by atoms with Crippen LogP contribution in [-0.2, 0) is 7.87 Å². The van der Waals surface area contributed by atoms with E-state index in [1.165, 1.54) is 0 Å². The monoisotopic (exact) mass is 224 g/mol. The maximum absolute atomic E-state index is 10.3. The molecule has 1 aliphatic heterocycles. The molecule has 0 N–H and O–H groups in total. The third-order valence-corrected chi connectivity index (χ3v) is 5.35. The van der Waals surface area contributed by atoms with Gasteiger partial charge in [0.25, 0.3) is 0 Å². The average molecular weight is 223 g/mol. The molecule has 1 fully saturated rings. The molecule has 0 bridgehead atoms. The minimum atomic E-state index is -0.702. The van der Waals surface area contributed by atoms with E-state index in [0.717, 1.165) is 5.75 Å². The predicted octanol–water partition coefficient (Wildman–Crippen LogP) is 0.201. The second-order valence-electron chi connectivity index (χ2n) is 1.16. The number of carbonyl (C=O) groups excluding carboxylic acids is 1. The maximum atomic E-state index is 10.3. The van der Waals surface area contributed by atoms with Crippen LogP contribution in [0.4, 0.5) is 0 Å². The van der Waals surface area contributed by atoms with E-state index in [-0.39, 0.29) is 5.97 Å². The molecule has 0 aliphatic carbocycles. The second-order valence-corrected chi connectivity index (χ2v) is 6.50. The van der Waals surface area contributed by atoms with Crippen molar-refractivity contribution in [3.05, 3.63) is 0 Å². The fraction of sp³-hybridized carbons (Fsp3) is 0.667. The summed E-state index contributed by atoms with van der Waals surface area (Å²) in [6.07, 6.45) is 0.630. The number of hydrogen-bond acceptors (Lipinski definition) is 3. The molecule has 0 aromatic rings. The van der Waals surface area contributed by atoms with Crippen molar-refractivity contribution in [3.63, 3.8) is 0 Å². The Kier molecular flexibility index (Phi) is 2.31. The average Bonchev–Trinajstić information content (AvgIpc) is 1.69. The van der Waals surface area contributed by atoms with Crippen LogP contribution in [0.3, 0.4) is 0 Å². The number of rotatable bonds is 0. The standard InChI is InChI=1S/C3H6O2S.Sn/c4-3(5)1-2-6;/h6H,1-2H2,(H,4,5);/q;+2/p-2. The van der Waals surface area contributed by atoms with Gasteiger partial charge in [-0.2, -0.15) is 0 Å². The summed E-state index contributed by atoms with van der Waals surface area (Å²) in [5, 5.41) is 0. The molecule has 1 saturated heterocycles. The Bertz CT molecular complexity index is 77.0.